The number of carbonyl (C=O) groups is 2. The minimum Gasteiger partial charge on any atom is -0.460 e. The van der Waals surface area contributed by atoms with E-state index in [4.69, 9.17) is 4.74 Å². The standard InChI is InChI=1S/C8H13O3/c1-6(9)5-7(10)11-8(2,3)4/h1,5H2,2-4H3. The Morgan fingerprint density at radius 3 is 2.09 bits per heavy atom. The summed E-state index contributed by atoms with van der Waals surface area (Å²) in [6.07, 6.45) is -0.239. The molecule has 11 heavy (non-hydrogen) atoms. The normalized spacial score (nSPS) is 10.9. The molecule has 0 saturated heterocycles. The fraction of sp³-hybridized carbons (Fsp3) is 0.625. The van der Waals surface area contributed by atoms with Gasteiger partial charge in [-0.25, -0.2) is 0 Å². The summed E-state index contributed by atoms with van der Waals surface area (Å²) in [4.78, 5) is 21.1. The van der Waals surface area contributed by atoms with Gasteiger partial charge in [-0.2, -0.15) is 0 Å². The van der Waals surface area contributed by atoms with Crippen molar-refractivity contribution in [2.45, 2.75) is 32.8 Å². The number of hydrogen-bond acceptors (Lipinski definition) is 3. The predicted octanol–water partition coefficient (Wildman–Crippen LogP) is 1.12. The van der Waals surface area contributed by atoms with E-state index in [0.717, 1.165) is 0 Å². The van der Waals surface area contributed by atoms with Crippen LogP contribution in [0.3, 0.4) is 0 Å². The molecule has 0 aliphatic rings. The van der Waals surface area contributed by atoms with Crippen LogP contribution in [0.15, 0.2) is 0 Å². The molecule has 0 heterocycles. The molecule has 3 nitrogen and oxygen atoms in total. The summed E-state index contributed by atoms with van der Waals surface area (Å²) in [5.74, 6) is -0.934. The average molecular weight is 157 g/mol. The highest BCUT2D eigenvalue weighted by atomic mass is 16.6. The maximum absolute atomic E-state index is 10.8. The Labute approximate surface area is 66.7 Å². The van der Waals surface area contributed by atoms with Crippen molar-refractivity contribution in [3.8, 4) is 0 Å². The van der Waals surface area contributed by atoms with Crippen LogP contribution in [0.2, 0.25) is 0 Å². The third-order valence-electron chi connectivity index (χ3n) is 0.762. The first-order valence-corrected chi connectivity index (χ1v) is 3.38. The van der Waals surface area contributed by atoms with Crippen LogP contribution in [0.5, 0.6) is 0 Å². The number of carbonyl (C=O) groups excluding carboxylic acids is 2. The summed E-state index contributed by atoms with van der Waals surface area (Å²) in [6, 6.07) is 0. The lowest BCUT2D eigenvalue weighted by Crippen LogP contribution is -2.24. The molecule has 0 aliphatic carbocycles. The first-order chi connectivity index (χ1) is 4.81. The lowest BCUT2D eigenvalue weighted by Gasteiger charge is -2.18. The Balaban J connectivity index is 3.80. The summed E-state index contributed by atoms with van der Waals surface area (Å²) >= 11 is 0. The van der Waals surface area contributed by atoms with Crippen LogP contribution in [0.25, 0.3) is 0 Å². The van der Waals surface area contributed by atoms with Crippen LogP contribution < -0.4 is 0 Å². The first-order valence-electron chi connectivity index (χ1n) is 3.38. The molecule has 63 valence electrons. The Morgan fingerprint density at radius 2 is 1.82 bits per heavy atom. The molecule has 0 spiro atoms. The van der Waals surface area contributed by atoms with Gasteiger partial charge >= 0.3 is 5.97 Å². The van der Waals surface area contributed by atoms with Gasteiger partial charge in [0.1, 0.15) is 17.8 Å². The molecule has 0 amide bonds. The van der Waals surface area contributed by atoms with E-state index >= 15 is 0 Å². The monoisotopic (exact) mass is 157 g/mol. The van der Waals surface area contributed by atoms with Crippen molar-refractivity contribution in [3.63, 3.8) is 0 Å². The van der Waals surface area contributed by atoms with Gasteiger partial charge in [-0.3, -0.25) is 9.59 Å². The molecule has 0 aromatic carbocycles. The Bertz CT molecular complexity index is 165. The molecule has 0 aromatic heterocycles. The van der Waals surface area contributed by atoms with Crippen molar-refractivity contribution < 1.29 is 14.3 Å². The zero-order valence-electron chi connectivity index (χ0n) is 7.14. The van der Waals surface area contributed by atoms with Gasteiger partial charge in [-0.05, 0) is 20.8 Å². The molecular formula is C8H13O3. The van der Waals surface area contributed by atoms with Crippen LogP contribution in [0.1, 0.15) is 27.2 Å². The summed E-state index contributed by atoms with van der Waals surface area (Å²) in [5.41, 5.74) is -0.521. The second kappa shape index (κ2) is 3.51. The number of ether oxygens (including phenoxy) is 1. The van der Waals surface area contributed by atoms with Crippen LogP contribution in [0, 0.1) is 6.92 Å². The van der Waals surface area contributed by atoms with Gasteiger partial charge in [-0.1, -0.05) is 0 Å². The van der Waals surface area contributed by atoms with Gasteiger partial charge in [0.2, 0.25) is 0 Å². The van der Waals surface area contributed by atoms with Crippen LogP contribution >= 0.6 is 0 Å². The molecule has 0 bridgehead atoms. The lowest BCUT2D eigenvalue weighted by atomic mass is 10.2. The minimum atomic E-state index is -0.521. The highest BCUT2D eigenvalue weighted by molar-refractivity contribution is 5.97. The molecule has 0 aliphatic heterocycles. The summed E-state index contributed by atoms with van der Waals surface area (Å²) < 4.78 is 4.85. The first kappa shape index (κ1) is 10.1. The molecular weight excluding hydrogens is 144 g/mol. The van der Waals surface area contributed by atoms with E-state index in [-0.39, 0.29) is 6.42 Å². The quantitative estimate of drug-likeness (QED) is 0.445. The molecule has 0 fully saturated rings. The number of hydrogen-bond donors (Lipinski definition) is 0. The highest BCUT2D eigenvalue weighted by Crippen LogP contribution is 2.07. The number of rotatable bonds is 2. The number of ketones is 1. The minimum absolute atomic E-state index is 0.239. The second-order valence-electron chi connectivity index (χ2n) is 3.30. The second-order valence-corrected chi connectivity index (χ2v) is 3.30. The molecule has 0 unspecified atom stereocenters. The predicted molar refractivity (Wildman–Crippen MR) is 40.8 cm³/mol. The molecule has 1 radical (unpaired) electrons. The van der Waals surface area contributed by atoms with E-state index < -0.39 is 17.4 Å². The molecule has 0 aromatic rings. The molecule has 0 atom stereocenters. The Kier molecular flexibility index (Phi) is 3.23. The Morgan fingerprint density at radius 1 is 1.36 bits per heavy atom. The molecule has 0 saturated carbocycles. The van der Waals surface area contributed by atoms with Crippen molar-refractivity contribution in [2.24, 2.45) is 0 Å². The van der Waals surface area contributed by atoms with Crippen molar-refractivity contribution >= 4 is 11.8 Å². The van der Waals surface area contributed by atoms with Crippen molar-refractivity contribution in [3.05, 3.63) is 6.92 Å². The summed E-state index contributed by atoms with van der Waals surface area (Å²) in [7, 11) is 0. The van der Waals surface area contributed by atoms with Gasteiger partial charge in [0.15, 0.2) is 0 Å². The summed E-state index contributed by atoms with van der Waals surface area (Å²) in [5, 5.41) is 0. The SMILES string of the molecule is [CH2]C(=O)CC(=O)OC(C)(C)C. The van der Waals surface area contributed by atoms with E-state index in [2.05, 4.69) is 6.92 Å². The van der Waals surface area contributed by atoms with Crippen LogP contribution in [0.4, 0.5) is 0 Å². The van der Waals surface area contributed by atoms with E-state index in [1.54, 1.807) is 20.8 Å². The third kappa shape index (κ3) is 7.03. The van der Waals surface area contributed by atoms with E-state index in [0.29, 0.717) is 0 Å². The fourth-order valence-electron chi connectivity index (χ4n) is 0.539. The van der Waals surface area contributed by atoms with E-state index in [1.165, 1.54) is 0 Å². The number of esters is 1. The van der Waals surface area contributed by atoms with Gasteiger partial charge in [0, 0.05) is 6.92 Å². The van der Waals surface area contributed by atoms with Crippen molar-refractivity contribution in [1.29, 1.82) is 0 Å². The summed E-state index contributed by atoms with van der Waals surface area (Å²) in [6.45, 7) is 8.31. The number of Topliss-reactive ketones (excluding diaryl/α,β-unsaturated/α-hetero) is 1. The van der Waals surface area contributed by atoms with E-state index in [9.17, 15) is 9.59 Å². The van der Waals surface area contributed by atoms with Gasteiger partial charge in [0.25, 0.3) is 0 Å². The van der Waals surface area contributed by atoms with Crippen LogP contribution in [-0.2, 0) is 14.3 Å². The van der Waals surface area contributed by atoms with Gasteiger partial charge in [0.05, 0.1) is 0 Å². The van der Waals surface area contributed by atoms with Crippen LogP contribution in [-0.4, -0.2) is 17.4 Å². The Hall–Kier alpha value is -0.860. The van der Waals surface area contributed by atoms with E-state index in [1.807, 2.05) is 0 Å². The van der Waals surface area contributed by atoms with Crippen molar-refractivity contribution in [2.75, 3.05) is 0 Å². The third-order valence-corrected chi connectivity index (χ3v) is 0.762. The fourth-order valence-corrected chi connectivity index (χ4v) is 0.539. The molecule has 3 heteroatoms. The van der Waals surface area contributed by atoms with Crippen molar-refractivity contribution in [1.82, 2.24) is 0 Å². The highest BCUT2D eigenvalue weighted by Gasteiger charge is 2.16. The zero-order valence-corrected chi connectivity index (χ0v) is 7.14. The maximum atomic E-state index is 10.8. The zero-order chi connectivity index (χ0) is 9.07. The molecule has 0 N–H and O–H groups in total. The smallest absolute Gasteiger partial charge is 0.313 e. The van der Waals surface area contributed by atoms with Gasteiger partial charge in [-0.15, -0.1) is 0 Å². The van der Waals surface area contributed by atoms with Gasteiger partial charge < -0.3 is 4.74 Å². The maximum Gasteiger partial charge on any atom is 0.313 e. The largest absolute Gasteiger partial charge is 0.460 e. The average Bonchev–Trinajstić information content (AvgIpc) is 1.53. The topological polar surface area (TPSA) is 43.4 Å². The lowest BCUT2D eigenvalue weighted by molar-refractivity contribution is -0.155. The molecule has 0 rings (SSSR count).